The first kappa shape index (κ1) is 14.6. The van der Waals surface area contributed by atoms with Gasteiger partial charge in [-0.1, -0.05) is 0 Å². The lowest BCUT2D eigenvalue weighted by Crippen LogP contribution is -2.41. The van der Waals surface area contributed by atoms with Gasteiger partial charge in [-0.3, -0.25) is 4.98 Å². The molecule has 2 N–H and O–H groups in total. The first-order chi connectivity index (χ1) is 10.4. The van der Waals surface area contributed by atoms with Crippen LogP contribution in [0.3, 0.4) is 0 Å². The van der Waals surface area contributed by atoms with Crippen molar-refractivity contribution in [1.82, 2.24) is 15.3 Å². The van der Waals surface area contributed by atoms with Gasteiger partial charge >= 0.3 is 6.09 Å². The number of nitrogens with zero attached hydrogens (tertiary/aromatic N) is 1. The zero-order valence-corrected chi connectivity index (χ0v) is 13.1. The summed E-state index contributed by atoms with van der Waals surface area (Å²) in [4.78, 5) is 19.5. The van der Waals surface area contributed by atoms with E-state index in [1.165, 1.54) is 5.57 Å². The van der Waals surface area contributed by atoms with Gasteiger partial charge in [0.25, 0.3) is 0 Å². The van der Waals surface area contributed by atoms with Gasteiger partial charge in [0.2, 0.25) is 0 Å². The number of hydrogen-bond donors (Lipinski definition) is 2. The molecule has 0 spiro atoms. The van der Waals surface area contributed by atoms with Crippen LogP contribution in [0.4, 0.5) is 4.79 Å². The number of aromatic amines is 1. The molecule has 0 radical (unpaired) electrons. The Kier molecular flexibility index (Phi) is 3.64. The lowest BCUT2D eigenvalue weighted by molar-refractivity contribution is 0.112. The molecular weight excluding hydrogens is 278 g/mol. The number of nitrogens with one attached hydrogen (secondary N) is 2. The van der Waals surface area contributed by atoms with Crippen molar-refractivity contribution in [2.75, 3.05) is 0 Å². The van der Waals surface area contributed by atoms with Gasteiger partial charge in [-0.2, -0.15) is 0 Å². The van der Waals surface area contributed by atoms with Crippen LogP contribution in [0.25, 0.3) is 16.6 Å². The van der Waals surface area contributed by atoms with Crippen molar-refractivity contribution in [2.45, 2.75) is 45.3 Å². The molecule has 5 nitrogen and oxygen atoms in total. The number of hydrogen-bond acceptors (Lipinski definition) is 3. The van der Waals surface area contributed by atoms with Crippen LogP contribution in [-0.4, -0.2) is 27.7 Å². The molecular formula is C17H21N3O2. The van der Waals surface area contributed by atoms with Crippen molar-refractivity contribution in [3.05, 3.63) is 36.2 Å². The first-order valence-electron chi connectivity index (χ1n) is 7.54. The Morgan fingerprint density at radius 1 is 1.45 bits per heavy atom. The average Bonchev–Trinajstić information content (AvgIpc) is 3.02. The summed E-state index contributed by atoms with van der Waals surface area (Å²) < 4.78 is 5.47. The highest BCUT2D eigenvalue weighted by molar-refractivity contribution is 5.90. The number of amides is 1. The van der Waals surface area contributed by atoms with Gasteiger partial charge in [0.1, 0.15) is 6.10 Å². The van der Waals surface area contributed by atoms with E-state index in [2.05, 4.69) is 15.3 Å². The van der Waals surface area contributed by atoms with Crippen molar-refractivity contribution in [3.8, 4) is 0 Å². The minimum Gasteiger partial charge on any atom is -0.442 e. The van der Waals surface area contributed by atoms with Crippen LogP contribution >= 0.6 is 0 Å². The Labute approximate surface area is 129 Å². The number of alkyl carbamates (subject to hydrolysis) is 1. The van der Waals surface area contributed by atoms with E-state index in [-0.39, 0.29) is 17.7 Å². The molecule has 0 bridgehead atoms. The second kappa shape index (κ2) is 5.48. The zero-order valence-electron chi connectivity index (χ0n) is 13.1. The Morgan fingerprint density at radius 3 is 3.05 bits per heavy atom. The molecule has 1 aliphatic carbocycles. The Hall–Kier alpha value is -2.30. The van der Waals surface area contributed by atoms with E-state index in [1.807, 2.05) is 45.2 Å². The molecule has 1 aliphatic rings. The highest BCUT2D eigenvalue weighted by Crippen LogP contribution is 2.33. The first-order valence-corrected chi connectivity index (χ1v) is 7.54. The molecule has 2 heterocycles. The van der Waals surface area contributed by atoms with Crippen LogP contribution in [0, 0.1) is 0 Å². The molecule has 22 heavy (non-hydrogen) atoms. The molecule has 0 fully saturated rings. The topological polar surface area (TPSA) is 67.0 Å². The summed E-state index contributed by atoms with van der Waals surface area (Å²) in [6.07, 6.45) is 6.95. The molecule has 0 saturated carbocycles. The molecule has 0 aromatic carbocycles. The van der Waals surface area contributed by atoms with Crippen LogP contribution in [0.1, 0.15) is 39.2 Å². The Morgan fingerprint density at radius 2 is 2.27 bits per heavy atom. The third kappa shape index (κ3) is 3.13. The fourth-order valence-electron chi connectivity index (χ4n) is 2.68. The van der Waals surface area contributed by atoms with Gasteiger partial charge in [0.15, 0.2) is 0 Å². The van der Waals surface area contributed by atoms with Gasteiger partial charge in [-0.25, -0.2) is 4.79 Å². The minimum atomic E-state index is -0.368. The third-order valence-electron chi connectivity index (χ3n) is 3.60. The van der Waals surface area contributed by atoms with E-state index >= 15 is 0 Å². The summed E-state index contributed by atoms with van der Waals surface area (Å²) in [6, 6.07) is 3.92. The predicted octanol–water partition coefficient (Wildman–Crippen LogP) is 3.63. The highest BCUT2D eigenvalue weighted by Gasteiger charge is 2.24. The van der Waals surface area contributed by atoms with Crippen molar-refractivity contribution in [3.63, 3.8) is 0 Å². The number of allylic oxidation sites excluding steroid dienone is 1. The Balaban J connectivity index is 1.73. The number of carbonyl (C=O) groups is 1. The van der Waals surface area contributed by atoms with Crippen LogP contribution in [0.2, 0.25) is 0 Å². The maximum absolute atomic E-state index is 11.8. The highest BCUT2D eigenvalue weighted by atomic mass is 16.6. The second-order valence-electron chi connectivity index (χ2n) is 6.65. The van der Waals surface area contributed by atoms with E-state index < -0.39 is 0 Å². The molecule has 0 aliphatic heterocycles. The molecule has 1 atom stereocenters. The van der Waals surface area contributed by atoms with Crippen LogP contribution in [0.5, 0.6) is 0 Å². The molecule has 116 valence electrons. The van der Waals surface area contributed by atoms with Crippen molar-refractivity contribution in [1.29, 1.82) is 0 Å². The number of rotatable bonds is 2. The quantitative estimate of drug-likeness (QED) is 0.889. The van der Waals surface area contributed by atoms with E-state index in [0.717, 1.165) is 29.4 Å². The number of aromatic nitrogens is 2. The minimum absolute atomic E-state index is 0.175. The predicted molar refractivity (Wildman–Crippen MR) is 86.5 cm³/mol. The maximum Gasteiger partial charge on any atom is 0.408 e. The summed E-state index contributed by atoms with van der Waals surface area (Å²) >= 11 is 0. The van der Waals surface area contributed by atoms with Gasteiger partial charge < -0.3 is 15.0 Å². The number of H-pyrrole nitrogens is 1. The molecule has 2 aromatic heterocycles. The molecule has 5 heteroatoms. The number of fused-ring (bicyclic) bond motifs is 1. The summed E-state index contributed by atoms with van der Waals surface area (Å²) in [5.74, 6) is 0. The van der Waals surface area contributed by atoms with Crippen LogP contribution < -0.4 is 5.32 Å². The third-order valence-corrected chi connectivity index (χ3v) is 3.60. The molecule has 1 unspecified atom stereocenters. The molecule has 2 aromatic rings. The standard InChI is InChI=1S/C17H21N3O2/c1-17(2,3)20-16(21)22-12-7-6-11(9-12)13-10-19-14-5-4-8-18-15(13)14/h4-5,8-10,12,19H,6-7H2,1-3H3,(H,20,21). The number of ether oxygens (including phenoxy) is 1. The van der Waals surface area contributed by atoms with Crippen LogP contribution in [0.15, 0.2) is 30.6 Å². The average molecular weight is 299 g/mol. The van der Waals surface area contributed by atoms with Gasteiger partial charge in [0, 0.05) is 23.5 Å². The van der Waals surface area contributed by atoms with Crippen molar-refractivity contribution in [2.24, 2.45) is 0 Å². The number of pyridine rings is 1. The van der Waals surface area contributed by atoms with Crippen molar-refractivity contribution >= 4 is 22.7 Å². The van der Waals surface area contributed by atoms with Gasteiger partial charge in [0.05, 0.1) is 11.0 Å². The van der Waals surface area contributed by atoms with Gasteiger partial charge in [-0.05, 0) is 57.4 Å². The molecule has 1 amide bonds. The Bertz CT molecular complexity index is 725. The second-order valence-corrected chi connectivity index (χ2v) is 6.65. The van der Waals surface area contributed by atoms with E-state index in [1.54, 1.807) is 6.20 Å². The maximum atomic E-state index is 11.8. The largest absolute Gasteiger partial charge is 0.442 e. The fraction of sp³-hybridized carbons (Fsp3) is 0.412. The summed E-state index contributed by atoms with van der Waals surface area (Å²) in [5, 5.41) is 2.82. The lowest BCUT2D eigenvalue weighted by Gasteiger charge is -2.21. The number of carbonyl (C=O) groups excluding carboxylic acids is 1. The molecule has 3 rings (SSSR count). The zero-order chi connectivity index (χ0) is 15.7. The van der Waals surface area contributed by atoms with E-state index in [4.69, 9.17) is 4.74 Å². The lowest BCUT2D eigenvalue weighted by atomic mass is 10.1. The van der Waals surface area contributed by atoms with Crippen LogP contribution in [-0.2, 0) is 4.74 Å². The summed E-state index contributed by atoms with van der Waals surface area (Å²) in [5.41, 5.74) is 3.97. The van der Waals surface area contributed by atoms with Crippen molar-refractivity contribution < 1.29 is 9.53 Å². The smallest absolute Gasteiger partial charge is 0.408 e. The molecule has 0 saturated heterocycles. The monoisotopic (exact) mass is 299 g/mol. The SMILES string of the molecule is CC(C)(C)NC(=O)OC1C=C(c2c[nH]c3cccnc23)CC1. The normalized spacial score (nSPS) is 18.3. The van der Waals surface area contributed by atoms with Gasteiger partial charge in [-0.15, -0.1) is 0 Å². The van der Waals surface area contributed by atoms with E-state index in [0.29, 0.717) is 0 Å². The van der Waals surface area contributed by atoms with E-state index in [9.17, 15) is 4.79 Å². The summed E-state index contributed by atoms with van der Waals surface area (Å²) in [7, 11) is 0. The summed E-state index contributed by atoms with van der Waals surface area (Å²) in [6.45, 7) is 5.80. The fourth-order valence-corrected chi connectivity index (χ4v) is 2.68.